The van der Waals surface area contributed by atoms with Gasteiger partial charge < -0.3 is 14.6 Å². The fourth-order valence-electron chi connectivity index (χ4n) is 1.85. The molecule has 18 heavy (non-hydrogen) atoms. The number of hydrogen-bond acceptors (Lipinski definition) is 3. The van der Waals surface area contributed by atoms with Crippen LogP contribution in [0.4, 0.5) is 0 Å². The Morgan fingerprint density at radius 3 is 2.72 bits per heavy atom. The number of benzene rings is 1. The first-order valence-electron chi connectivity index (χ1n) is 6.43. The van der Waals surface area contributed by atoms with E-state index in [2.05, 4.69) is 15.9 Å². The second kappa shape index (κ2) is 6.43. The zero-order valence-electron chi connectivity index (χ0n) is 10.6. The summed E-state index contributed by atoms with van der Waals surface area (Å²) in [7, 11) is 0. The van der Waals surface area contributed by atoms with Crippen molar-refractivity contribution in [3.05, 3.63) is 22.2 Å². The Morgan fingerprint density at radius 2 is 2.11 bits per heavy atom. The number of aliphatic hydroxyl groups excluding tert-OH is 1. The molecule has 4 heteroatoms. The molecule has 0 spiro atoms. The van der Waals surface area contributed by atoms with Crippen molar-refractivity contribution in [1.29, 1.82) is 0 Å². The quantitative estimate of drug-likeness (QED) is 0.837. The molecule has 0 amide bonds. The zero-order chi connectivity index (χ0) is 13.0. The van der Waals surface area contributed by atoms with Crippen LogP contribution in [0, 0.1) is 5.92 Å². The van der Waals surface area contributed by atoms with E-state index in [1.807, 2.05) is 19.1 Å². The Kier molecular flexibility index (Phi) is 4.89. The minimum absolute atomic E-state index is 0.00102. The lowest BCUT2D eigenvalue weighted by Gasteiger charge is -2.14. The molecule has 0 bridgehead atoms. The van der Waals surface area contributed by atoms with Crippen molar-refractivity contribution < 1.29 is 14.6 Å². The molecule has 0 heterocycles. The molecule has 1 saturated carbocycles. The zero-order valence-corrected chi connectivity index (χ0v) is 12.2. The Balaban J connectivity index is 2.08. The van der Waals surface area contributed by atoms with Gasteiger partial charge in [0.15, 0.2) is 11.5 Å². The third kappa shape index (κ3) is 3.62. The Labute approximate surface area is 116 Å². The largest absolute Gasteiger partial charge is 0.490 e. The molecule has 1 N–H and O–H groups in total. The van der Waals surface area contributed by atoms with E-state index in [-0.39, 0.29) is 6.61 Å². The lowest BCUT2D eigenvalue weighted by molar-refractivity contribution is 0.262. The monoisotopic (exact) mass is 314 g/mol. The van der Waals surface area contributed by atoms with Gasteiger partial charge in [-0.2, -0.15) is 0 Å². The molecule has 0 atom stereocenters. The van der Waals surface area contributed by atoms with Crippen LogP contribution in [0.15, 0.2) is 16.6 Å². The molecule has 1 aromatic carbocycles. The maximum Gasteiger partial charge on any atom is 0.175 e. The van der Waals surface area contributed by atoms with Crippen LogP contribution >= 0.6 is 15.9 Å². The van der Waals surface area contributed by atoms with Crippen molar-refractivity contribution in [2.24, 2.45) is 5.92 Å². The second-order valence-electron chi connectivity index (χ2n) is 4.58. The van der Waals surface area contributed by atoms with Gasteiger partial charge in [0.05, 0.1) is 24.3 Å². The fourth-order valence-corrected chi connectivity index (χ4v) is 2.45. The van der Waals surface area contributed by atoms with E-state index >= 15 is 0 Å². The topological polar surface area (TPSA) is 38.7 Å². The van der Waals surface area contributed by atoms with Crippen LogP contribution in [-0.4, -0.2) is 18.3 Å². The van der Waals surface area contributed by atoms with Gasteiger partial charge in [0.25, 0.3) is 0 Å². The number of ether oxygens (including phenoxy) is 2. The summed E-state index contributed by atoms with van der Waals surface area (Å²) in [6, 6.07) is 3.70. The minimum Gasteiger partial charge on any atom is -0.490 e. The van der Waals surface area contributed by atoms with Crippen molar-refractivity contribution in [2.45, 2.75) is 32.8 Å². The average molecular weight is 315 g/mol. The summed E-state index contributed by atoms with van der Waals surface area (Å²) in [5, 5.41) is 9.19. The van der Waals surface area contributed by atoms with E-state index in [0.29, 0.717) is 12.4 Å². The standard InChI is InChI=1S/C14H19BrO3/c1-2-17-13-8-11(9-16)7-12(15)14(13)18-6-5-10-3-4-10/h7-8,10,16H,2-6,9H2,1H3. The molecule has 0 aromatic heterocycles. The maximum atomic E-state index is 9.19. The van der Waals surface area contributed by atoms with Gasteiger partial charge >= 0.3 is 0 Å². The van der Waals surface area contributed by atoms with E-state index in [4.69, 9.17) is 9.47 Å². The molecule has 100 valence electrons. The first kappa shape index (κ1) is 13.7. The predicted octanol–water partition coefficient (Wildman–Crippen LogP) is 3.52. The van der Waals surface area contributed by atoms with E-state index < -0.39 is 0 Å². The summed E-state index contributed by atoms with van der Waals surface area (Å²) < 4.78 is 12.2. The third-order valence-electron chi connectivity index (χ3n) is 3.02. The van der Waals surface area contributed by atoms with E-state index in [0.717, 1.165) is 34.7 Å². The minimum atomic E-state index is 0.00102. The lowest BCUT2D eigenvalue weighted by atomic mass is 10.2. The van der Waals surface area contributed by atoms with E-state index in [1.54, 1.807) is 0 Å². The molecule has 1 fully saturated rings. The van der Waals surface area contributed by atoms with Crippen molar-refractivity contribution in [3.8, 4) is 11.5 Å². The summed E-state index contributed by atoms with van der Waals surface area (Å²) in [6.07, 6.45) is 3.79. The molecule has 0 saturated heterocycles. The third-order valence-corrected chi connectivity index (χ3v) is 3.61. The number of hydrogen-bond donors (Lipinski definition) is 1. The summed E-state index contributed by atoms with van der Waals surface area (Å²) in [4.78, 5) is 0. The fraction of sp³-hybridized carbons (Fsp3) is 0.571. The van der Waals surface area contributed by atoms with E-state index in [1.165, 1.54) is 12.8 Å². The van der Waals surface area contributed by atoms with Crippen LogP contribution < -0.4 is 9.47 Å². The van der Waals surface area contributed by atoms with Crippen molar-refractivity contribution in [1.82, 2.24) is 0 Å². The van der Waals surface area contributed by atoms with Gasteiger partial charge in [-0.25, -0.2) is 0 Å². The SMILES string of the molecule is CCOc1cc(CO)cc(Br)c1OCCC1CC1. The van der Waals surface area contributed by atoms with E-state index in [9.17, 15) is 5.11 Å². The predicted molar refractivity (Wildman–Crippen MR) is 74.1 cm³/mol. The molecular weight excluding hydrogens is 296 g/mol. The van der Waals surface area contributed by atoms with Crippen LogP contribution in [0.25, 0.3) is 0 Å². The van der Waals surface area contributed by atoms with Gasteiger partial charge in [0.2, 0.25) is 0 Å². The first-order chi connectivity index (χ1) is 8.74. The molecule has 1 aromatic rings. The maximum absolute atomic E-state index is 9.19. The summed E-state index contributed by atoms with van der Waals surface area (Å²) >= 11 is 3.48. The van der Waals surface area contributed by atoms with Crippen molar-refractivity contribution in [2.75, 3.05) is 13.2 Å². The Morgan fingerprint density at radius 1 is 1.33 bits per heavy atom. The molecule has 0 aliphatic heterocycles. The van der Waals surface area contributed by atoms with Crippen molar-refractivity contribution >= 4 is 15.9 Å². The highest BCUT2D eigenvalue weighted by Crippen LogP contribution is 2.38. The highest BCUT2D eigenvalue weighted by atomic mass is 79.9. The lowest BCUT2D eigenvalue weighted by Crippen LogP contribution is -2.03. The Bertz CT molecular complexity index is 402. The van der Waals surface area contributed by atoms with Crippen LogP contribution in [0.5, 0.6) is 11.5 Å². The molecule has 2 rings (SSSR count). The number of rotatable bonds is 7. The molecule has 3 nitrogen and oxygen atoms in total. The summed E-state index contributed by atoms with van der Waals surface area (Å²) in [6.45, 7) is 3.25. The molecular formula is C14H19BrO3. The van der Waals surface area contributed by atoms with Crippen LogP contribution in [0.1, 0.15) is 31.7 Å². The van der Waals surface area contributed by atoms with Crippen LogP contribution in [0.2, 0.25) is 0 Å². The second-order valence-corrected chi connectivity index (χ2v) is 5.43. The smallest absolute Gasteiger partial charge is 0.175 e. The molecule has 0 radical (unpaired) electrons. The number of halogens is 1. The van der Waals surface area contributed by atoms with Gasteiger partial charge in [-0.15, -0.1) is 0 Å². The summed E-state index contributed by atoms with van der Waals surface area (Å²) in [5.41, 5.74) is 0.819. The normalized spacial score (nSPS) is 14.6. The van der Waals surface area contributed by atoms with Gasteiger partial charge in [0.1, 0.15) is 0 Å². The average Bonchev–Trinajstić information content (AvgIpc) is 3.16. The summed E-state index contributed by atoms with van der Waals surface area (Å²) in [5.74, 6) is 2.30. The first-order valence-corrected chi connectivity index (χ1v) is 7.22. The highest BCUT2D eigenvalue weighted by Gasteiger charge is 2.21. The van der Waals surface area contributed by atoms with Gasteiger partial charge in [-0.05, 0) is 52.9 Å². The Hall–Kier alpha value is -0.740. The van der Waals surface area contributed by atoms with Crippen molar-refractivity contribution in [3.63, 3.8) is 0 Å². The molecule has 0 unspecified atom stereocenters. The van der Waals surface area contributed by atoms with Gasteiger partial charge in [-0.3, -0.25) is 0 Å². The highest BCUT2D eigenvalue weighted by molar-refractivity contribution is 9.10. The van der Waals surface area contributed by atoms with Gasteiger partial charge in [0, 0.05) is 0 Å². The van der Waals surface area contributed by atoms with Crippen LogP contribution in [-0.2, 0) is 6.61 Å². The van der Waals surface area contributed by atoms with Crippen LogP contribution in [0.3, 0.4) is 0 Å². The molecule has 1 aliphatic rings. The molecule has 1 aliphatic carbocycles. The number of aliphatic hydroxyl groups is 1. The van der Waals surface area contributed by atoms with Gasteiger partial charge in [-0.1, -0.05) is 12.8 Å².